The van der Waals surface area contributed by atoms with Crippen LogP contribution in [0.1, 0.15) is 35.2 Å². The van der Waals surface area contributed by atoms with Gasteiger partial charge in [0.15, 0.2) is 6.61 Å². The number of carbonyl (C=O) groups excluding carboxylic acids is 1. The van der Waals surface area contributed by atoms with Gasteiger partial charge in [-0.2, -0.15) is 0 Å². The van der Waals surface area contributed by atoms with Gasteiger partial charge in [0, 0.05) is 0 Å². The minimum Gasteiger partial charge on any atom is -0.484 e. The van der Waals surface area contributed by atoms with Crippen molar-refractivity contribution in [2.24, 2.45) is 0 Å². The summed E-state index contributed by atoms with van der Waals surface area (Å²) in [4.78, 5) is 12.0. The molecule has 0 bridgehead atoms. The van der Waals surface area contributed by atoms with Crippen molar-refractivity contribution >= 4 is 5.91 Å². The molecule has 0 saturated carbocycles. The van der Waals surface area contributed by atoms with Gasteiger partial charge in [0.2, 0.25) is 0 Å². The number of hydrogen-bond acceptors (Lipinski definition) is 2. The molecule has 1 unspecified atom stereocenters. The number of amides is 1. The molecule has 2 aromatic carbocycles. The molecule has 0 spiro atoms. The van der Waals surface area contributed by atoms with E-state index in [9.17, 15) is 4.79 Å². The standard InChI is InChI=1S/C19H23NO2/c1-13-5-9-18(10-6-13)22-12-19(21)20-16(4)17-8-7-14(2)15(3)11-17/h5-11,16H,12H2,1-4H3,(H,20,21). The minimum absolute atomic E-state index is 0.0260. The predicted molar refractivity (Wildman–Crippen MR) is 89.1 cm³/mol. The second-order valence-electron chi connectivity index (χ2n) is 5.73. The van der Waals surface area contributed by atoms with Gasteiger partial charge in [-0.15, -0.1) is 0 Å². The molecule has 1 atom stereocenters. The average Bonchev–Trinajstić information content (AvgIpc) is 2.49. The third-order valence-electron chi connectivity index (χ3n) is 3.80. The van der Waals surface area contributed by atoms with Gasteiger partial charge in [0.25, 0.3) is 5.91 Å². The van der Waals surface area contributed by atoms with Crippen LogP contribution in [0.3, 0.4) is 0 Å². The van der Waals surface area contributed by atoms with E-state index in [0.717, 1.165) is 5.56 Å². The summed E-state index contributed by atoms with van der Waals surface area (Å²) in [5.74, 6) is 0.589. The topological polar surface area (TPSA) is 38.3 Å². The number of benzene rings is 2. The summed E-state index contributed by atoms with van der Waals surface area (Å²) in [6.07, 6.45) is 0. The van der Waals surface area contributed by atoms with Crippen LogP contribution in [0.4, 0.5) is 0 Å². The van der Waals surface area contributed by atoms with E-state index >= 15 is 0 Å². The minimum atomic E-state index is -0.119. The first-order valence-electron chi connectivity index (χ1n) is 7.51. The third kappa shape index (κ3) is 4.35. The van der Waals surface area contributed by atoms with Crippen molar-refractivity contribution in [2.75, 3.05) is 6.61 Å². The molecule has 0 aromatic heterocycles. The van der Waals surface area contributed by atoms with E-state index in [-0.39, 0.29) is 18.6 Å². The molecule has 3 nitrogen and oxygen atoms in total. The molecule has 0 aliphatic carbocycles. The molecule has 0 saturated heterocycles. The molecule has 0 radical (unpaired) electrons. The fourth-order valence-corrected chi connectivity index (χ4v) is 2.18. The second kappa shape index (κ2) is 7.12. The summed E-state index contributed by atoms with van der Waals surface area (Å²) in [6, 6.07) is 13.9. The second-order valence-corrected chi connectivity index (χ2v) is 5.73. The fourth-order valence-electron chi connectivity index (χ4n) is 2.18. The molecular formula is C19H23NO2. The molecule has 0 heterocycles. The monoisotopic (exact) mass is 297 g/mol. The Morgan fingerprint density at radius 2 is 1.73 bits per heavy atom. The zero-order chi connectivity index (χ0) is 16.1. The van der Waals surface area contributed by atoms with Crippen LogP contribution in [0, 0.1) is 20.8 Å². The van der Waals surface area contributed by atoms with Crippen molar-refractivity contribution in [1.82, 2.24) is 5.32 Å². The third-order valence-corrected chi connectivity index (χ3v) is 3.80. The molecule has 0 aliphatic heterocycles. The lowest BCUT2D eigenvalue weighted by Gasteiger charge is -2.16. The van der Waals surface area contributed by atoms with E-state index in [1.807, 2.05) is 44.2 Å². The normalized spacial score (nSPS) is 11.8. The van der Waals surface area contributed by atoms with Crippen LogP contribution in [0.25, 0.3) is 0 Å². The largest absolute Gasteiger partial charge is 0.484 e. The number of hydrogen-bond donors (Lipinski definition) is 1. The van der Waals surface area contributed by atoms with E-state index in [0.29, 0.717) is 5.75 Å². The van der Waals surface area contributed by atoms with Crippen molar-refractivity contribution in [3.8, 4) is 5.75 Å². The zero-order valence-electron chi connectivity index (χ0n) is 13.6. The SMILES string of the molecule is Cc1ccc(OCC(=O)NC(C)c2ccc(C)c(C)c2)cc1. The maximum absolute atomic E-state index is 12.0. The lowest BCUT2D eigenvalue weighted by Crippen LogP contribution is -2.31. The zero-order valence-corrected chi connectivity index (χ0v) is 13.6. The van der Waals surface area contributed by atoms with Crippen LogP contribution in [-0.2, 0) is 4.79 Å². The van der Waals surface area contributed by atoms with E-state index in [1.165, 1.54) is 16.7 Å². The Morgan fingerprint density at radius 1 is 1.05 bits per heavy atom. The van der Waals surface area contributed by atoms with Crippen LogP contribution >= 0.6 is 0 Å². The molecule has 2 aromatic rings. The Hall–Kier alpha value is -2.29. The van der Waals surface area contributed by atoms with E-state index in [1.54, 1.807) is 0 Å². The van der Waals surface area contributed by atoms with Crippen LogP contribution in [0.5, 0.6) is 5.75 Å². The lowest BCUT2D eigenvalue weighted by atomic mass is 10.0. The van der Waals surface area contributed by atoms with E-state index in [2.05, 4.69) is 31.3 Å². The van der Waals surface area contributed by atoms with Gasteiger partial charge in [0.05, 0.1) is 6.04 Å². The number of aryl methyl sites for hydroxylation is 3. The van der Waals surface area contributed by atoms with Gasteiger partial charge in [-0.25, -0.2) is 0 Å². The molecular weight excluding hydrogens is 274 g/mol. The maximum Gasteiger partial charge on any atom is 0.258 e. The van der Waals surface area contributed by atoms with Crippen LogP contribution < -0.4 is 10.1 Å². The van der Waals surface area contributed by atoms with Crippen molar-refractivity contribution < 1.29 is 9.53 Å². The summed E-state index contributed by atoms with van der Waals surface area (Å²) in [6.45, 7) is 8.18. The summed E-state index contributed by atoms with van der Waals surface area (Å²) < 4.78 is 5.49. The lowest BCUT2D eigenvalue weighted by molar-refractivity contribution is -0.123. The molecule has 1 N–H and O–H groups in total. The van der Waals surface area contributed by atoms with Gasteiger partial charge in [-0.05, 0) is 56.5 Å². The number of ether oxygens (including phenoxy) is 1. The first-order valence-corrected chi connectivity index (χ1v) is 7.51. The highest BCUT2D eigenvalue weighted by molar-refractivity contribution is 5.78. The number of rotatable bonds is 5. The highest BCUT2D eigenvalue weighted by Crippen LogP contribution is 2.17. The highest BCUT2D eigenvalue weighted by atomic mass is 16.5. The molecule has 116 valence electrons. The average molecular weight is 297 g/mol. The molecule has 3 heteroatoms. The van der Waals surface area contributed by atoms with E-state index < -0.39 is 0 Å². The predicted octanol–water partition coefficient (Wildman–Crippen LogP) is 3.87. The van der Waals surface area contributed by atoms with Crippen LogP contribution in [0.15, 0.2) is 42.5 Å². The van der Waals surface area contributed by atoms with Crippen LogP contribution in [-0.4, -0.2) is 12.5 Å². The molecule has 0 aliphatic rings. The number of carbonyl (C=O) groups is 1. The molecule has 1 amide bonds. The Kier molecular flexibility index (Phi) is 5.21. The molecule has 22 heavy (non-hydrogen) atoms. The van der Waals surface area contributed by atoms with Gasteiger partial charge in [-0.1, -0.05) is 35.9 Å². The van der Waals surface area contributed by atoms with Crippen molar-refractivity contribution in [2.45, 2.75) is 33.7 Å². The van der Waals surface area contributed by atoms with Crippen molar-refractivity contribution in [3.63, 3.8) is 0 Å². The Balaban J connectivity index is 1.88. The fraction of sp³-hybridized carbons (Fsp3) is 0.316. The quantitative estimate of drug-likeness (QED) is 0.910. The van der Waals surface area contributed by atoms with Crippen LogP contribution in [0.2, 0.25) is 0 Å². The van der Waals surface area contributed by atoms with Gasteiger partial charge in [0.1, 0.15) is 5.75 Å². The highest BCUT2D eigenvalue weighted by Gasteiger charge is 2.10. The first-order chi connectivity index (χ1) is 10.5. The van der Waals surface area contributed by atoms with Gasteiger partial charge >= 0.3 is 0 Å². The Bertz CT molecular complexity index is 647. The van der Waals surface area contributed by atoms with E-state index in [4.69, 9.17) is 4.74 Å². The Morgan fingerprint density at radius 3 is 2.36 bits per heavy atom. The smallest absolute Gasteiger partial charge is 0.258 e. The summed E-state index contributed by atoms with van der Waals surface area (Å²) in [5, 5.41) is 2.96. The van der Waals surface area contributed by atoms with Gasteiger partial charge in [-0.3, -0.25) is 4.79 Å². The Labute approximate surface area is 132 Å². The molecule has 2 rings (SSSR count). The number of nitrogens with one attached hydrogen (secondary N) is 1. The summed E-state index contributed by atoms with van der Waals surface area (Å²) in [7, 11) is 0. The van der Waals surface area contributed by atoms with Crippen molar-refractivity contribution in [3.05, 3.63) is 64.7 Å². The maximum atomic E-state index is 12.0. The first kappa shape index (κ1) is 16.1. The summed E-state index contributed by atoms with van der Waals surface area (Å²) in [5.41, 5.74) is 4.76. The van der Waals surface area contributed by atoms with Crippen molar-refractivity contribution in [1.29, 1.82) is 0 Å². The van der Waals surface area contributed by atoms with Gasteiger partial charge < -0.3 is 10.1 Å². The molecule has 0 fully saturated rings. The summed E-state index contributed by atoms with van der Waals surface area (Å²) >= 11 is 0.